The van der Waals surface area contributed by atoms with Gasteiger partial charge in [-0.05, 0) is 22.4 Å². The summed E-state index contributed by atoms with van der Waals surface area (Å²) in [5.74, 6) is -0.921. The number of carboxylic acid groups (broad SMARTS) is 1. The molecule has 1 aliphatic rings. The van der Waals surface area contributed by atoms with Crippen molar-refractivity contribution >= 4 is 44.1 Å². The molecule has 0 saturated heterocycles. The highest BCUT2D eigenvalue weighted by Gasteiger charge is 2.38. The Morgan fingerprint density at radius 2 is 1.90 bits per heavy atom. The number of carbonyl (C=O) groups is 1. The summed E-state index contributed by atoms with van der Waals surface area (Å²) < 4.78 is 36.1. The molecule has 0 spiro atoms. The average molecular weight is 481 g/mol. The minimum absolute atomic E-state index is 0.0800. The van der Waals surface area contributed by atoms with Gasteiger partial charge in [-0.1, -0.05) is 19.8 Å². The molecule has 0 aliphatic carbocycles. The van der Waals surface area contributed by atoms with Crippen LogP contribution in [-0.2, 0) is 17.8 Å². The second kappa shape index (κ2) is 8.93. The van der Waals surface area contributed by atoms with Crippen molar-refractivity contribution < 1.29 is 23.1 Å². The third-order valence-corrected chi connectivity index (χ3v) is 4.49. The molecular weight excluding hydrogens is 461 g/mol. The molecule has 13 heteroatoms. The zero-order valence-corrected chi connectivity index (χ0v) is 17.6. The highest BCUT2D eigenvalue weighted by molar-refractivity contribution is 9.18. The monoisotopic (exact) mass is 480 g/mol. The number of unbranched alkanes of at least 4 members (excludes halogenated alkanes) is 2. The average Bonchev–Trinajstić information content (AvgIpc) is 3.22. The van der Waals surface area contributed by atoms with Crippen LogP contribution in [0.15, 0.2) is 9.79 Å². The molecule has 0 saturated carbocycles. The van der Waals surface area contributed by atoms with Crippen molar-refractivity contribution in [3.8, 4) is 0 Å². The number of aliphatic carboxylic acids is 1. The zero-order valence-electron chi connectivity index (χ0n) is 16.0. The number of alkyl halides is 3. The number of hydrogen-bond acceptors (Lipinski definition) is 6. The van der Waals surface area contributed by atoms with Gasteiger partial charge in [-0.2, -0.15) is 13.2 Å². The topological polar surface area (TPSA) is 105 Å². The maximum atomic E-state index is 12.8. The van der Waals surface area contributed by atoms with Crippen LogP contribution in [0.4, 0.5) is 24.9 Å². The van der Waals surface area contributed by atoms with E-state index in [1.807, 2.05) is 18.7 Å². The predicted molar refractivity (Wildman–Crippen MR) is 105 cm³/mol. The number of rotatable bonds is 5. The Bertz CT molecular complexity index is 996. The van der Waals surface area contributed by atoms with Gasteiger partial charge in [0.1, 0.15) is 5.82 Å². The van der Waals surface area contributed by atoms with Crippen molar-refractivity contribution in [2.45, 2.75) is 45.3 Å². The van der Waals surface area contributed by atoms with Gasteiger partial charge in [-0.3, -0.25) is 9.36 Å². The lowest BCUT2D eigenvalue weighted by molar-refractivity contribution is -0.192. The number of aryl methyl sites for hydroxylation is 1. The number of fused-ring (bicyclic) bond motifs is 2. The molecule has 1 aliphatic heterocycles. The fourth-order valence-corrected chi connectivity index (χ4v) is 3.16. The Balaban J connectivity index is 0.000000370. The molecule has 2 aromatic heterocycles. The molecule has 3 rings (SSSR count). The summed E-state index contributed by atoms with van der Waals surface area (Å²) in [7, 11) is 3.72. The Kier molecular flexibility index (Phi) is 7.03. The first-order chi connectivity index (χ1) is 13.5. The van der Waals surface area contributed by atoms with Crippen LogP contribution in [0.3, 0.4) is 0 Å². The molecule has 0 fully saturated rings. The largest absolute Gasteiger partial charge is 0.490 e. The van der Waals surface area contributed by atoms with E-state index in [9.17, 15) is 18.0 Å². The fourth-order valence-electron chi connectivity index (χ4n) is 2.71. The van der Waals surface area contributed by atoms with E-state index in [2.05, 4.69) is 38.0 Å². The normalized spacial score (nSPS) is 13.0. The van der Waals surface area contributed by atoms with Gasteiger partial charge in [0.2, 0.25) is 11.7 Å². The molecule has 29 heavy (non-hydrogen) atoms. The minimum Gasteiger partial charge on any atom is -0.475 e. The van der Waals surface area contributed by atoms with Crippen molar-refractivity contribution in [1.29, 1.82) is 0 Å². The Morgan fingerprint density at radius 3 is 2.41 bits per heavy atom. The van der Waals surface area contributed by atoms with Crippen LogP contribution in [0.25, 0.3) is 5.78 Å². The molecular formula is C16H20BrF3N6O3. The van der Waals surface area contributed by atoms with Gasteiger partial charge in [-0.15, -0.1) is 10.2 Å². The number of aliphatic imine (C=N–C) groups is 1. The molecule has 0 unspecified atom stereocenters. The molecule has 1 N–H and O–H groups in total. The molecule has 0 radical (unpaired) electrons. The second-order valence-corrected chi connectivity index (χ2v) is 7.38. The number of hydrogen-bond donors (Lipinski definition) is 1. The van der Waals surface area contributed by atoms with Gasteiger partial charge in [0, 0.05) is 27.1 Å². The summed E-state index contributed by atoms with van der Waals surface area (Å²) in [6.07, 6.45) is -1.25. The van der Waals surface area contributed by atoms with Gasteiger partial charge in [-0.25, -0.2) is 14.2 Å². The number of nitrogens with zero attached hydrogens (tertiary/aromatic N) is 6. The molecule has 0 aromatic carbocycles. The smallest absolute Gasteiger partial charge is 0.475 e. The third kappa shape index (κ3) is 4.95. The standard InChI is InChI=1S/C14H19BrN6O.C2HF3O2/c1-4-5-6-7-20-11-9(8-10(15)16-11)12(22)21-13(19(2)3)17-18-14(20)21;3-2(4,5)1(6)7/h4-8H2,1-3H3;(H,6,7). The minimum atomic E-state index is -5.08. The fraction of sp³-hybridized carbons (Fsp3) is 0.562. The first kappa shape index (κ1) is 22.8. The van der Waals surface area contributed by atoms with E-state index in [0.29, 0.717) is 23.7 Å². The first-order valence-corrected chi connectivity index (χ1v) is 9.49. The van der Waals surface area contributed by atoms with Crippen molar-refractivity contribution in [2.24, 2.45) is 4.99 Å². The molecule has 3 heterocycles. The maximum Gasteiger partial charge on any atom is 0.490 e. The molecule has 160 valence electrons. The molecule has 2 aromatic rings. The van der Waals surface area contributed by atoms with Crippen LogP contribution in [0.5, 0.6) is 0 Å². The van der Waals surface area contributed by atoms with Crippen molar-refractivity contribution in [3.05, 3.63) is 15.9 Å². The Hall–Kier alpha value is -2.44. The van der Waals surface area contributed by atoms with E-state index < -0.39 is 12.1 Å². The lowest BCUT2D eigenvalue weighted by Gasteiger charge is -2.14. The summed E-state index contributed by atoms with van der Waals surface area (Å²) >= 11 is 3.42. The third-order valence-electron chi connectivity index (χ3n) is 4.03. The summed E-state index contributed by atoms with van der Waals surface area (Å²) in [6.45, 7) is 2.96. The van der Waals surface area contributed by atoms with Gasteiger partial charge in [0.05, 0.1) is 10.2 Å². The first-order valence-electron chi connectivity index (χ1n) is 8.70. The van der Waals surface area contributed by atoms with Crippen LogP contribution in [0, 0.1) is 0 Å². The highest BCUT2D eigenvalue weighted by Crippen LogP contribution is 2.28. The van der Waals surface area contributed by atoms with Crippen LogP contribution < -0.4 is 10.5 Å². The summed E-state index contributed by atoms with van der Waals surface area (Å²) in [6, 6.07) is 0. The summed E-state index contributed by atoms with van der Waals surface area (Å²) in [5.41, 5.74) is 0.627. The van der Waals surface area contributed by atoms with Crippen LogP contribution in [-0.4, -0.2) is 55.1 Å². The quantitative estimate of drug-likeness (QED) is 0.659. The maximum absolute atomic E-state index is 12.8. The molecule has 0 atom stereocenters. The lowest BCUT2D eigenvalue weighted by atomic mass is 10.2. The van der Waals surface area contributed by atoms with Crippen LogP contribution >= 0.6 is 15.9 Å². The van der Waals surface area contributed by atoms with Crippen LogP contribution in [0.2, 0.25) is 0 Å². The highest BCUT2D eigenvalue weighted by atomic mass is 79.9. The van der Waals surface area contributed by atoms with Crippen molar-refractivity contribution in [2.75, 3.05) is 19.0 Å². The zero-order chi connectivity index (χ0) is 21.9. The van der Waals surface area contributed by atoms with Gasteiger partial charge in [0.25, 0.3) is 5.56 Å². The SMILES string of the molecule is CCCCCn1c2c(c(=O)n3c(N(C)C)nnc13)CC(Br)=N2.O=C(O)C(F)(F)F. The number of carboxylic acids is 1. The Morgan fingerprint density at radius 1 is 1.28 bits per heavy atom. The van der Waals surface area contributed by atoms with E-state index in [4.69, 9.17) is 9.90 Å². The van der Waals surface area contributed by atoms with Gasteiger partial charge >= 0.3 is 12.1 Å². The van der Waals surface area contributed by atoms with E-state index in [1.165, 1.54) is 0 Å². The van der Waals surface area contributed by atoms with E-state index in [0.717, 1.165) is 36.2 Å². The van der Waals surface area contributed by atoms with Crippen molar-refractivity contribution in [1.82, 2.24) is 19.2 Å². The predicted octanol–water partition coefficient (Wildman–Crippen LogP) is 2.76. The number of aromatic nitrogens is 4. The van der Waals surface area contributed by atoms with E-state index >= 15 is 0 Å². The van der Waals surface area contributed by atoms with E-state index in [1.54, 1.807) is 9.30 Å². The van der Waals surface area contributed by atoms with E-state index in [-0.39, 0.29) is 5.56 Å². The summed E-state index contributed by atoms with van der Waals surface area (Å²) in [4.78, 5) is 28.0. The molecule has 0 amide bonds. The van der Waals surface area contributed by atoms with Crippen molar-refractivity contribution in [3.63, 3.8) is 0 Å². The summed E-state index contributed by atoms with van der Waals surface area (Å²) in [5, 5.41) is 15.5. The lowest BCUT2D eigenvalue weighted by Crippen LogP contribution is -2.25. The van der Waals surface area contributed by atoms with Gasteiger partial charge < -0.3 is 10.0 Å². The number of halogens is 4. The van der Waals surface area contributed by atoms with Crippen LogP contribution in [0.1, 0.15) is 31.7 Å². The number of anilines is 1. The molecule has 9 nitrogen and oxygen atoms in total. The Labute approximate surface area is 172 Å². The molecule has 0 bridgehead atoms. The second-order valence-electron chi connectivity index (χ2n) is 6.46. The van der Waals surface area contributed by atoms with Gasteiger partial charge in [0.15, 0.2) is 0 Å².